The van der Waals surface area contributed by atoms with Crippen molar-refractivity contribution >= 4 is 23.3 Å². The molecule has 3 aliphatic rings. The van der Waals surface area contributed by atoms with E-state index in [9.17, 15) is 0 Å². The number of piperidine rings is 1. The van der Waals surface area contributed by atoms with E-state index in [-0.39, 0.29) is 0 Å². The lowest BCUT2D eigenvalue weighted by molar-refractivity contribution is 0.201. The van der Waals surface area contributed by atoms with Crippen molar-refractivity contribution in [1.82, 2.24) is 14.9 Å². The largest absolute Gasteiger partial charge is 0.337 e. The second-order valence-corrected chi connectivity index (χ2v) is 8.25. The fraction of sp³-hybridized carbons (Fsp3) is 0.400. The Morgan fingerprint density at radius 3 is 2.80 bits per heavy atom. The van der Waals surface area contributed by atoms with Gasteiger partial charge in [-0.25, -0.2) is 9.97 Å². The van der Waals surface area contributed by atoms with Gasteiger partial charge in [0.05, 0.1) is 5.69 Å². The topological polar surface area (TPSA) is 41.0 Å². The highest BCUT2D eigenvalue weighted by molar-refractivity contribution is 7.99. The molecule has 1 aromatic carbocycles. The molecule has 2 fully saturated rings. The van der Waals surface area contributed by atoms with Gasteiger partial charge in [-0.15, -0.1) is 0 Å². The van der Waals surface area contributed by atoms with E-state index in [1.807, 2.05) is 0 Å². The number of hydrogen-bond acceptors (Lipinski definition) is 5. The standard InChI is InChI=1S/C20H22N4S/c1-2-16-14-4-5-15(16)12-24(11-14)10-13-3-6-18-17(9-13)23-19-20(25-18)22-8-7-21-19/h2-3,6-9,14-15H,4-5,10-12H2,1H3,(H,21,23). The van der Waals surface area contributed by atoms with E-state index in [0.717, 1.165) is 34.9 Å². The summed E-state index contributed by atoms with van der Waals surface area (Å²) in [4.78, 5) is 12.7. The first-order chi connectivity index (χ1) is 12.3. The molecule has 2 bridgehead atoms. The van der Waals surface area contributed by atoms with Crippen LogP contribution in [-0.2, 0) is 6.54 Å². The van der Waals surface area contributed by atoms with E-state index in [2.05, 4.69) is 51.4 Å². The third-order valence-electron chi connectivity index (χ3n) is 5.67. The third kappa shape index (κ3) is 2.75. The summed E-state index contributed by atoms with van der Waals surface area (Å²) in [5.41, 5.74) is 4.25. The number of nitrogens with zero attached hydrogens (tertiary/aromatic N) is 3. The minimum Gasteiger partial charge on any atom is -0.337 e. The van der Waals surface area contributed by atoms with Crippen LogP contribution in [0.15, 0.2) is 52.2 Å². The van der Waals surface area contributed by atoms with Crippen LogP contribution in [0.4, 0.5) is 11.5 Å². The molecule has 1 N–H and O–H groups in total. The van der Waals surface area contributed by atoms with Crippen LogP contribution in [0.2, 0.25) is 0 Å². The van der Waals surface area contributed by atoms with Gasteiger partial charge < -0.3 is 5.32 Å². The number of rotatable bonds is 2. The van der Waals surface area contributed by atoms with Gasteiger partial charge in [0.25, 0.3) is 0 Å². The molecule has 0 radical (unpaired) electrons. The summed E-state index contributed by atoms with van der Waals surface area (Å²) >= 11 is 1.69. The van der Waals surface area contributed by atoms with Gasteiger partial charge in [0.2, 0.25) is 0 Å². The normalized spacial score (nSPS) is 24.4. The fourth-order valence-electron chi connectivity index (χ4n) is 4.60. The Morgan fingerprint density at radius 2 is 2.00 bits per heavy atom. The lowest BCUT2D eigenvalue weighted by Crippen LogP contribution is -2.37. The molecule has 1 saturated carbocycles. The van der Waals surface area contributed by atoms with Gasteiger partial charge in [0.15, 0.2) is 5.82 Å². The van der Waals surface area contributed by atoms with Crippen LogP contribution in [0.1, 0.15) is 25.3 Å². The number of likely N-dealkylation sites (tertiary alicyclic amines) is 1. The van der Waals surface area contributed by atoms with E-state index < -0.39 is 0 Å². The van der Waals surface area contributed by atoms with Crippen molar-refractivity contribution in [2.24, 2.45) is 11.8 Å². The number of allylic oxidation sites excluding steroid dienone is 1. The van der Waals surface area contributed by atoms with E-state index >= 15 is 0 Å². The van der Waals surface area contributed by atoms with E-state index in [4.69, 9.17) is 0 Å². The van der Waals surface area contributed by atoms with Gasteiger partial charge in [-0.3, -0.25) is 4.90 Å². The number of benzene rings is 1. The zero-order valence-corrected chi connectivity index (χ0v) is 15.2. The van der Waals surface area contributed by atoms with Gasteiger partial charge in [-0.2, -0.15) is 0 Å². The van der Waals surface area contributed by atoms with Crippen LogP contribution < -0.4 is 5.32 Å². The van der Waals surface area contributed by atoms with Crippen molar-refractivity contribution in [2.45, 2.75) is 36.2 Å². The summed E-state index contributed by atoms with van der Waals surface area (Å²) in [6.45, 7) is 5.67. The fourth-order valence-corrected chi connectivity index (χ4v) is 5.48. The maximum Gasteiger partial charge on any atom is 0.163 e. The zero-order valence-electron chi connectivity index (χ0n) is 14.4. The molecule has 25 heavy (non-hydrogen) atoms. The average Bonchev–Trinajstić information content (AvgIpc) is 2.89. The quantitative estimate of drug-likeness (QED) is 0.691. The Hall–Kier alpha value is -1.85. The average molecular weight is 350 g/mol. The Labute approximate surface area is 152 Å². The minimum atomic E-state index is 0.789. The molecular formula is C20H22N4S. The lowest BCUT2D eigenvalue weighted by Gasteiger charge is -2.34. The lowest BCUT2D eigenvalue weighted by atomic mass is 9.91. The van der Waals surface area contributed by atoms with Crippen molar-refractivity contribution in [3.8, 4) is 0 Å². The van der Waals surface area contributed by atoms with Crippen molar-refractivity contribution in [1.29, 1.82) is 0 Å². The first-order valence-electron chi connectivity index (χ1n) is 9.07. The second kappa shape index (κ2) is 6.15. The van der Waals surface area contributed by atoms with Gasteiger partial charge in [0, 0.05) is 36.9 Å². The summed E-state index contributed by atoms with van der Waals surface area (Å²) in [6.07, 6.45) is 8.61. The van der Waals surface area contributed by atoms with E-state index in [0.29, 0.717) is 0 Å². The molecule has 2 aliphatic heterocycles. The molecule has 2 atom stereocenters. The molecule has 2 aromatic rings. The first-order valence-corrected chi connectivity index (χ1v) is 9.89. The van der Waals surface area contributed by atoms with Crippen molar-refractivity contribution in [3.63, 3.8) is 0 Å². The molecule has 5 heteroatoms. The number of anilines is 2. The van der Waals surface area contributed by atoms with Crippen LogP contribution in [0, 0.1) is 11.8 Å². The monoisotopic (exact) mass is 350 g/mol. The van der Waals surface area contributed by atoms with Crippen molar-refractivity contribution in [2.75, 3.05) is 18.4 Å². The second-order valence-electron chi connectivity index (χ2n) is 7.22. The molecule has 128 valence electrons. The first kappa shape index (κ1) is 15.4. The van der Waals surface area contributed by atoms with Gasteiger partial charge in [-0.05, 0) is 49.3 Å². The maximum absolute atomic E-state index is 4.40. The smallest absolute Gasteiger partial charge is 0.163 e. The molecule has 3 heterocycles. The molecule has 1 saturated heterocycles. The van der Waals surface area contributed by atoms with Crippen LogP contribution >= 0.6 is 11.8 Å². The van der Waals surface area contributed by atoms with Crippen molar-refractivity contribution in [3.05, 3.63) is 47.8 Å². The molecule has 1 aliphatic carbocycles. The highest BCUT2D eigenvalue weighted by Crippen LogP contribution is 2.43. The Morgan fingerprint density at radius 1 is 1.20 bits per heavy atom. The maximum atomic E-state index is 4.40. The highest BCUT2D eigenvalue weighted by atomic mass is 32.2. The van der Waals surface area contributed by atoms with Gasteiger partial charge >= 0.3 is 0 Å². The SMILES string of the molecule is CC=C1C2CCC1CN(Cc1ccc3c(c1)Nc1nccnc1S3)C2. The molecule has 4 nitrogen and oxygen atoms in total. The van der Waals surface area contributed by atoms with Crippen LogP contribution in [-0.4, -0.2) is 28.0 Å². The molecule has 0 amide bonds. The minimum absolute atomic E-state index is 0.789. The summed E-state index contributed by atoms with van der Waals surface area (Å²) in [5.74, 6) is 2.44. The molecule has 5 rings (SSSR count). The van der Waals surface area contributed by atoms with Crippen LogP contribution in [0.25, 0.3) is 0 Å². The predicted octanol–water partition coefficient (Wildman–Crippen LogP) is 4.47. The van der Waals surface area contributed by atoms with Crippen molar-refractivity contribution < 1.29 is 0 Å². The van der Waals surface area contributed by atoms with Crippen LogP contribution in [0.5, 0.6) is 0 Å². The zero-order chi connectivity index (χ0) is 16.8. The molecule has 1 aromatic heterocycles. The number of fused-ring (bicyclic) bond motifs is 4. The third-order valence-corrected chi connectivity index (χ3v) is 6.74. The predicted molar refractivity (Wildman–Crippen MR) is 101 cm³/mol. The van der Waals surface area contributed by atoms with E-state index in [1.54, 1.807) is 29.7 Å². The van der Waals surface area contributed by atoms with E-state index in [1.165, 1.54) is 36.4 Å². The highest BCUT2D eigenvalue weighted by Gasteiger charge is 2.36. The summed E-state index contributed by atoms with van der Waals surface area (Å²) in [6, 6.07) is 6.77. The van der Waals surface area contributed by atoms with Crippen LogP contribution in [0.3, 0.4) is 0 Å². The number of hydrogen-bond donors (Lipinski definition) is 1. The molecular weight excluding hydrogens is 328 g/mol. The van der Waals surface area contributed by atoms with Gasteiger partial charge in [0.1, 0.15) is 5.03 Å². The molecule has 2 unspecified atom stereocenters. The molecule has 0 spiro atoms. The number of nitrogens with one attached hydrogen (secondary N) is 1. The summed E-state index contributed by atoms with van der Waals surface area (Å²) < 4.78 is 0. The Bertz CT molecular complexity index is 831. The Kier molecular flexibility index (Phi) is 3.79. The van der Waals surface area contributed by atoms with Gasteiger partial charge in [-0.1, -0.05) is 29.5 Å². The summed E-state index contributed by atoms with van der Waals surface area (Å²) in [7, 11) is 0. The Balaban J connectivity index is 1.34. The summed E-state index contributed by atoms with van der Waals surface area (Å²) in [5, 5.41) is 4.40. The number of aromatic nitrogens is 2.